The molecule has 0 atom stereocenters. The number of benzene rings is 2. The van der Waals surface area contributed by atoms with Crippen molar-refractivity contribution in [2.24, 2.45) is 0 Å². The Morgan fingerprint density at radius 2 is 1.74 bits per heavy atom. The maximum Gasteiger partial charge on any atom is 0.259 e. The highest BCUT2D eigenvalue weighted by atomic mass is 32.1. The molecule has 3 aromatic heterocycles. The number of carbonyl (C=O) groups is 1. The van der Waals surface area contributed by atoms with E-state index in [4.69, 9.17) is 15.0 Å². The Labute approximate surface area is 222 Å². The van der Waals surface area contributed by atoms with Crippen LogP contribution in [0.2, 0.25) is 0 Å². The molecule has 8 nitrogen and oxygen atoms in total. The van der Waals surface area contributed by atoms with Gasteiger partial charge in [0.2, 0.25) is 0 Å². The molecule has 0 bridgehead atoms. The van der Waals surface area contributed by atoms with Gasteiger partial charge in [0.25, 0.3) is 5.91 Å². The Morgan fingerprint density at radius 3 is 2.47 bits per heavy atom. The summed E-state index contributed by atoms with van der Waals surface area (Å²) in [5, 5.41) is 21.7. The number of ether oxygens (including phenoxy) is 1. The third-order valence-electron chi connectivity index (χ3n) is 5.77. The largest absolute Gasteiger partial charge is 0.493 e. The molecule has 38 heavy (non-hydrogen) atoms. The van der Waals surface area contributed by atoms with E-state index in [1.165, 1.54) is 17.5 Å². The fraction of sp³-hybridized carbons (Fsp3) is 0.103. The highest BCUT2D eigenvalue weighted by Gasteiger charge is 2.19. The number of nitrogens with one attached hydrogen (secondary N) is 1. The maximum absolute atomic E-state index is 13.4. The van der Waals surface area contributed by atoms with Crippen LogP contribution >= 0.6 is 11.3 Å². The van der Waals surface area contributed by atoms with Gasteiger partial charge in [0.15, 0.2) is 5.13 Å². The van der Waals surface area contributed by atoms with Gasteiger partial charge in [-0.15, -0.1) is 0 Å². The second-order valence-corrected chi connectivity index (χ2v) is 9.29. The van der Waals surface area contributed by atoms with Crippen LogP contribution in [-0.2, 0) is 0 Å². The molecular weight excluding hydrogens is 496 g/mol. The van der Waals surface area contributed by atoms with E-state index in [1.807, 2.05) is 38.1 Å². The maximum atomic E-state index is 13.4. The zero-order chi connectivity index (χ0) is 26.6. The van der Waals surface area contributed by atoms with Crippen LogP contribution in [0.5, 0.6) is 5.75 Å². The molecule has 184 valence electrons. The lowest BCUT2D eigenvalue weighted by atomic mass is 9.97. The first kappa shape index (κ1) is 24.6. The van der Waals surface area contributed by atoms with Crippen molar-refractivity contribution in [2.75, 3.05) is 11.9 Å². The van der Waals surface area contributed by atoms with Gasteiger partial charge in [-0.05, 0) is 62.4 Å². The molecule has 9 heteroatoms. The fourth-order valence-electron chi connectivity index (χ4n) is 3.97. The number of fused-ring (bicyclic) bond motifs is 1. The van der Waals surface area contributed by atoms with Crippen LogP contribution in [0.25, 0.3) is 32.7 Å². The van der Waals surface area contributed by atoms with E-state index in [-0.39, 0.29) is 5.91 Å². The summed E-state index contributed by atoms with van der Waals surface area (Å²) in [6.07, 6.45) is 1.52. The van der Waals surface area contributed by atoms with E-state index in [2.05, 4.69) is 27.4 Å². The van der Waals surface area contributed by atoms with Crippen LogP contribution in [0, 0.1) is 29.6 Å². The summed E-state index contributed by atoms with van der Waals surface area (Å²) in [5.41, 5.74) is 5.62. The van der Waals surface area contributed by atoms with E-state index in [0.29, 0.717) is 55.7 Å². The lowest BCUT2D eigenvalue weighted by Gasteiger charge is -2.14. The second-order valence-electron chi connectivity index (χ2n) is 8.31. The summed E-state index contributed by atoms with van der Waals surface area (Å²) in [4.78, 5) is 27.7. The summed E-state index contributed by atoms with van der Waals surface area (Å²) < 4.78 is 5.79. The van der Waals surface area contributed by atoms with Gasteiger partial charge in [0.05, 0.1) is 41.1 Å². The normalized spacial score (nSPS) is 10.5. The van der Waals surface area contributed by atoms with Gasteiger partial charge in [-0.1, -0.05) is 23.5 Å². The van der Waals surface area contributed by atoms with Crippen molar-refractivity contribution in [3.63, 3.8) is 0 Å². The van der Waals surface area contributed by atoms with Gasteiger partial charge in [0, 0.05) is 28.6 Å². The third-order valence-corrected chi connectivity index (χ3v) is 6.65. The number of thiazole rings is 1. The second kappa shape index (κ2) is 10.5. The van der Waals surface area contributed by atoms with Gasteiger partial charge >= 0.3 is 0 Å². The summed E-state index contributed by atoms with van der Waals surface area (Å²) in [6.45, 7) is 4.15. The van der Waals surface area contributed by atoms with Crippen molar-refractivity contribution in [1.82, 2.24) is 15.0 Å². The molecule has 0 saturated heterocycles. The Morgan fingerprint density at radius 1 is 0.974 bits per heavy atom. The van der Waals surface area contributed by atoms with Gasteiger partial charge < -0.3 is 4.74 Å². The highest BCUT2D eigenvalue weighted by molar-refractivity contribution is 7.22. The molecule has 5 aromatic rings. The van der Waals surface area contributed by atoms with E-state index in [9.17, 15) is 10.1 Å². The minimum atomic E-state index is -0.385. The zero-order valence-electron chi connectivity index (χ0n) is 20.5. The molecule has 0 spiro atoms. The first-order chi connectivity index (χ1) is 18.5. The highest BCUT2D eigenvalue weighted by Crippen LogP contribution is 2.35. The minimum Gasteiger partial charge on any atom is -0.493 e. The van der Waals surface area contributed by atoms with Crippen LogP contribution in [0.1, 0.15) is 34.1 Å². The number of hydrogen-bond acceptors (Lipinski definition) is 8. The summed E-state index contributed by atoms with van der Waals surface area (Å²) in [7, 11) is 0. The predicted octanol–water partition coefficient (Wildman–Crippen LogP) is 6.12. The third kappa shape index (κ3) is 4.92. The SMILES string of the molecule is CCOc1ccc(C#N)cc1-c1cc(C)ncc1C(=O)Nc1nc2ccc(-c3ccc(C#N)cc3)nc2s1. The topological polar surface area (TPSA) is 125 Å². The standard InChI is InChI=1S/C29H20N6O2S/c1-3-37-26-11-6-19(15-31)13-22(26)21-12-17(2)32-16-23(21)27(36)35-29-34-25-10-9-24(33-28(25)38-29)20-7-4-18(14-30)5-8-20/h4-13,16H,3H2,1-2H3,(H,34,35,36). The first-order valence-electron chi connectivity index (χ1n) is 11.7. The van der Waals surface area contributed by atoms with E-state index >= 15 is 0 Å². The molecule has 0 fully saturated rings. The average Bonchev–Trinajstić information content (AvgIpc) is 3.34. The van der Waals surface area contributed by atoms with Crippen LogP contribution in [0.3, 0.4) is 0 Å². The molecular formula is C29H20N6O2S. The van der Waals surface area contributed by atoms with Crippen molar-refractivity contribution >= 4 is 32.7 Å². The number of aromatic nitrogens is 3. The van der Waals surface area contributed by atoms with Gasteiger partial charge in [-0.25, -0.2) is 9.97 Å². The molecule has 0 saturated carbocycles. The number of nitriles is 2. The smallest absolute Gasteiger partial charge is 0.259 e. The number of hydrogen-bond donors (Lipinski definition) is 1. The molecule has 2 aromatic carbocycles. The molecule has 5 rings (SSSR count). The van der Waals surface area contributed by atoms with Gasteiger partial charge in [0.1, 0.15) is 16.1 Å². The summed E-state index contributed by atoms with van der Waals surface area (Å²) in [5.74, 6) is 0.189. The number of aryl methyl sites for hydroxylation is 1. The molecule has 0 radical (unpaired) electrons. The van der Waals surface area contributed by atoms with Crippen molar-refractivity contribution in [1.29, 1.82) is 10.5 Å². The quantitative estimate of drug-likeness (QED) is 0.288. The number of pyridine rings is 2. The van der Waals surface area contributed by atoms with Gasteiger partial charge in [-0.3, -0.25) is 15.1 Å². The van der Waals surface area contributed by atoms with Crippen LogP contribution in [0.4, 0.5) is 5.13 Å². The average molecular weight is 517 g/mol. The number of amides is 1. The number of carbonyl (C=O) groups excluding carboxylic acids is 1. The molecule has 0 unspecified atom stereocenters. The zero-order valence-corrected chi connectivity index (χ0v) is 21.3. The van der Waals surface area contributed by atoms with Gasteiger partial charge in [-0.2, -0.15) is 10.5 Å². The summed E-state index contributed by atoms with van der Waals surface area (Å²) >= 11 is 1.26. The number of nitrogens with zero attached hydrogens (tertiary/aromatic N) is 5. The van der Waals surface area contributed by atoms with Crippen LogP contribution < -0.4 is 10.1 Å². The molecule has 0 aliphatic carbocycles. The Balaban J connectivity index is 1.48. The molecule has 1 N–H and O–H groups in total. The van der Waals surface area contributed by atoms with Crippen LogP contribution in [-0.4, -0.2) is 27.5 Å². The first-order valence-corrected chi connectivity index (χ1v) is 12.5. The monoisotopic (exact) mass is 516 g/mol. The van der Waals surface area contributed by atoms with E-state index < -0.39 is 0 Å². The lowest BCUT2D eigenvalue weighted by molar-refractivity contribution is 0.102. The van der Waals surface area contributed by atoms with E-state index in [1.54, 1.807) is 36.4 Å². The Bertz CT molecular complexity index is 1760. The minimum absolute atomic E-state index is 0.331. The summed E-state index contributed by atoms with van der Waals surface area (Å²) in [6, 6.07) is 22.1. The number of anilines is 1. The molecule has 0 aliphatic rings. The van der Waals surface area contributed by atoms with Crippen molar-refractivity contribution in [3.05, 3.63) is 89.2 Å². The molecule has 3 heterocycles. The van der Waals surface area contributed by atoms with Crippen molar-refractivity contribution < 1.29 is 9.53 Å². The Kier molecular flexibility index (Phi) is 6.77. The predicted molar refractivity (Wildman–Crippen MR) is 146 cm³/mol. The molecule has 0 aliphatic heterocycles. The number of rotatable bonds is 6. The van der Waals surface area contributed by atoms with E-state index in [0.717, 1.165) is 17.0 Å². The fourth-order valence-corrected chi connectivity index (χ4v) is 4.80. The van der Waals surface area contributed by atoms with Crippen molar-refractivity contribution in [3.8, 4) is 40.3 Å². The lowest BCUT2D eigenvalue weighted by Crippen LogP contribution is -2.14. The Hall–Kier alpha value is -5.12. The van der Waals surface area contributed by atoms with Crippen LogP contribution in [0.15, 0.2) is 66.9 Å². The van der Waals surface area contributed by atoms with Crippen molar-refractivity contribution in [2.45, 2.75) is 13.8 Å². The molecule has 1 amide bonds.